The average molecular weight is 328 g/mol. The molecule has 2 fully saturated rings. The van der Waals surface area contributed by atoms with Crippen LogP contribution in [-0.2, 0) is 14.3 Å². The molecule has 3 atom stereocenters. The number of carboxylic acid groups (broad SMARTS) is 1. The Balaban J connectivity index is 1.92. The van der Waals surface area contributed by atoms with E-state index >= 15 is 0 Å². The Labute approximate surface area is 140 Å². The number of aliphatic carboxylic acids is 1. The summed E-state index contributed by atoms with van der Waals surface area (Å²) in [6.45, 7) is 1.11. The Hall–Kier alpha value is -2.39. The van der Waals surface area contributed by atoms with Crippen LogP contribution in [0.1, 0.15) is 42.9 Å². The van der Waals surface area contributed by atoms with Gasteiger partial charge in [0.1, 0.15) is 0 Å². The lowest BCUT2D eigenvalue weighted by molar-refractivity contribution is -0.153. The zero-order valence-electron chi connectivity index (χ0n) is 13.4. The van der Waals surface area contributed by atoms with E-state index in [1.807, 2.05) is 0 Å². The van der Waals surface area contributed by atoms with Crippen molar-refractivity contribution in [2.24, 2.45) is 5.92 Å². The van der Waals surface area contributed by atoms with Gasteiger partial charge in [-0.3, -0.25) is 9.59 Å². The fourth-order valence-electron chi connectivity index (χ4n) is 3.60. The Morgan fingerprint density at radius 1 is 1.33 bits per heavy atom. The van der Waals surface area contributed by atoms with Gasteiger partial charge in [0, 0.05) is 19.6 Å². The largest absolute Gasteiger partial charge is 0.481 e. The van der Waals surface area contributed by atoms with E-state index in [2.05, 4.69) is 6.07 Å². The number of hydrogen-bond donors (Lipinski definition) is 1. The second-order valence-corrected chi connectivity index (χ2v) is 6.34. The predicted octanol–water partition coefficient (Wildman–Crippen LogP) is 2.10. The summed E-state index contributed by atoms with van der Waals surface area (Å²) in [5.41, 5.74) is 1.27. The molecule has 0 bridgehead atoms. The first-order valence-electron chi connectivity index (χ1n) is 8.24. The molecule has 1 amide bonds. The Kier molecular flexibility index (Phi) is 4.81. The highest BCUT2D eigenvalue weighted by Gasteiger charge is 2.41. The number of hydrogen-bond acceptors (Lipinski definition) is 4. The normalized spacial score (nSPS) is 27.0. The van der Waals surface area contributed by atoms with Gasteiger partial charge in [-0.25, -0.2) is 0 Å². The highest BCUT2D eigenvalue weighted by molar-refractivity contribution is 5.81. The zero-order valence-corrected chi connectivity index (χ0v) is 13.4. The van der Waals surface area contributed by atoms with Crippen LogP contribution in [0, 0.1) is 17.2 Å². The maximum Gasteiger partial charge on any atom is 0.308 e. The monoisotopic (exact) mass is 328 g/mol. The maximum absolute atomic E-state index is 12.5. The lowest BCUT2D eigenvalue weighted by Gasteiger charge is -2.40. The quantitative estimate of drug-likeness (QED) is 0.914. The third kappa shape index (κ3) is 3.26. The van der Waals surface area contributed by atoms with Crippen molar-refractivity contribution in [1.82, 2.24) is 4.90 Å². The van der Waals surface area contributed by atoms with E-state index in [1.165, 1.54) is 0 Å². The molecular weight excluding hydrogens is 308 g/mol. The second-order valence-electron chi connectivity index (χ2n) is 6.34. The molecule has 6 nitrogen and oxygen atoms in total. The molecule has 1 aromatic carbocycles. The van der Waals surface area contributed by atoms with Gasteiger partial charge >= 0.3 is 5.97 Å². The molecule has 2 aliphatic heterocycles. The first-order chi connectivity index (χ1) is 11.6. The minimum atomic E-state index is -0.894. The van der Waals surface area contributed by atoms with E-state index in [-0.39, 0.29) is 18.4 Å². The van der Waals surface area contributed by atoms with Crippen LogP contribution in [0.4, 0.5) is 0 Å². The number of carbonyl (C=O) groups excluding carboxylic acids is 1. The van der Waals surface area contributed by atoms with Gasteiger partial charge in [0.15, 0.2) is 0 Å². The molecule has 0 aliphatic carbocycles. The number of ether oxygens (including phenoxy) is 1. The van der Waals surface area contributed by atoms with Crippen LogP contribution in [0.3, 0.4) is 0 Å². The molecule has 0 saturated carbocycles. The number of piperidine rings is 1. The highest BCUT2D eigenvalue weighted by atomic mass is 16.5. The molecule has 1 aromatic rings. The number of benzene rings is 1. The topological polar surface area (TPSA) is 90.6 Å². The number of amides is 1. The van der Waals surface area contributed by atoms with Gasteiger partial charge in [-0.2, -0.15) is 5.26 Å². The molecule has 2 heterocycles. The van der Waals surface area contributed by atoms with Gasteiger partial charge < -0.3 is 14.7 Å². The molecule has 24 heavy (non-hydrogen) atoms. The number of carboxylic acids is 1. The third-order valence-corrected chi connectivity index (χ3v) is 4.83. The van der Waals surface area contributed by atoms with Crippen LogP contribution in [0.2, 0.25) is 0 Å². The van der Waals surface area contributed by atoms with Gasteiger partial charge in [-0.1, -0.05) is 12.1 Å². The van der Waals surface area contributed by atoms with E-state index in [9.17, 15) is 14.7 Å². The molecule has 0 spiro atoms. The minimum absolute atomic E-state index is 0.0256. The number of nitriles is 1. The predicted molar refractivity (Wildman–Crippen MR) is 84.9 cm³/mol. The number of likely N-dealkylation sites (tertiary alicyclic amines) is 1. The van der Waals surface area contributed by atoms with E-state index in [4.69, 9.17) is 10.00 Å². The molecule has 6 heteroatoms. The summed E-state index contributed by atoms with van der Waals surface area (Å²) in [5.74, 6) is -1.57. The maximum atomic E-state index is 12.5. The van der Waals surface area contributed by atoms with E-state index in [1.54, 1.807) is 29.2 Å². The molecule has 126 valence electrons. The third-order valence-electron chi connectivity index (χ3n) is 4.83. The Bertz CT molecular complexity index is 659. The van der Waals surface area contributed by atoms with E-state index in [0.29, 0.717) is 25.1 Å². The molecular formula is C18H20N2O4. The first-order valence-corrected chi connectivity index (χ1v) is 8.24. The Morgan fingerprint density at radius 3 is 2.67 bits per heavy atom. The Morgan fingerprint density at radius 2 is 2.08 bits per heavy atom. The van der Waals surface area contributed by atoms with Gasteiger partial charge in [0.2, 0.25) is 5.91 Å². The lowest BCUT2D eigenvalue weighted by Crippen LogP contribution is -2.48. The van der Waals surface area contributed by atoms with E-state index < -0.39 is 17.9 Å². The fraction of sp³-hybridized carbons (Fsp3) is 0.500. The van der Waals surface area contributed by atoms with Crippen LogP contribution in [0.15, 0.2) is 24.3 Å². The van der Waals surface area contributed by atoms with Gasteiger partial charge in [0.05, 0.1) is 29.7 Å². The number of carbonyl (C=O) groups is 2. The summed E-state index contributed by atoms with van der Waals surface area (Å²) < 4.78 is 5.64. The van der Waals surface area contributed by atoms with Crippen molar-refractivity contribution in [3.05, 3.63) is 35.4 Å². The van der Waals surface area contributed by atoms with Crippen molar-refractivity contribution in [1.29, 1.82) is 5.26 Å². The van der Waals surface area contributed by atoms with Crippen molar-refractivity contribution in [2.45, 2.75) is 37.8 Å². The SMILES string of the molecule is N#Cc1ccc([C@@H]2[C@H](C(=O)O)CCC(=O)N2C[C@@H]2CCCO2)cc1. The fourth-order valence-corrected chi connectivity index (χ4v) is 3.60. The summed E-state index contributed by atoms with van der Waals surface area (Å²) in [7, 11) is 0. The molecule has 2 saturated heterocycles. The molecule has 0 unspecified atom stereocenters. The molecule has 0 aromatic heterocycles. The number of nitrogens with zero attached hydrogens (tertiary/aromatic N) is 2. The average Bonchev–Trinajstić information content (AvgIpc) is 3.09. The lowest BCUT2D eigenvalue weighted by atomic mass is 9.84. The molecule has 1 N–H and O–H groups in total. The summed E-state index contributed by atoms with van der Waals surface area (Å²) in [6.07, 6.45) is 2.41. The van der Waals surface area contributed by atoms with Crippen LogP contribution in [0.5, 0.6) is 0 Å². The van der Waals surface area contributed by atoms with Crippen molar-refractivity contribution in [3.63, 3.8) is 0 Å². The van der Waals surface area contributed by atoms with Gasteiger partial charge in [-0.05, 0) is 37.0 Å². The molecule has 3 rings (SSSR count). The summed E-state index contributed by atoms with van der Waals surface area (Å²) in [5, 5.41) is 18.6. The standard InChI is InChI=1S/C18H20N2O4/c19-10-12-3-5-13(6-4-12)17-15(18(22)23)7-8-16(21)20(17)11-14-2-1-9-24-14/h3-6,14-15,17H,1-2,7-9,11H2,(H,22,23)/t14-,15+,17+/m0/s1. The molecule has 2 aliphatic rings. The van der Waals surface area contributed by atoms with Crippen LogP contribution >= 0.6 is 0 Å². The number of rotatable bonds is 4. The van der Waals surface area contributed by atoms with Crippen LogP contribution in [0.25, 0.3) is 0 Å². The molecule has 0 radical (unpaired) electrons. The minimum Gasteiger partial charge on any atom is -0.481 e. The van der Waals surface area contributed by atoms with Crippen molar-refractivity contribution in [2.75, 3.05) is 13.2 Å². The van der Waals surface area contributed by atoms with Crippen molar-refractivity contribution >= 4 is 11.9 Å². The summed E-state index contributed by atoms with van der Waals surface area (Å²) >= 11 is 0. The van der Waals surface area contributed by atoms with Crippen molar-refractivity contribution in [3.8, 4) is 6.07 Å². The van der Waals surface area contributed by atoms with Crippen molar-refractivity contribution < 1.29 is 19.4 Å². The summed E-state index contributed by atoms with van der Waals surface area (Å²) in [6, 6.07) is 8.37. The summed E-state index contributed by atoms with van der Waals surface area (Å²) in [4.78, 5) is 25.9. The van der Waals surface area contributed by atoms with E-state index in [0.717, 1.165) is 18.4 Å². The second kappa shape index (κ2) is 7.02. The highest BCUT2D eigenvalue weighted by Crippen LogP contribution is 2.37. The first kappa shape index (κ1) is 16.5. The van der Waals surface area contributed by atoms with Crippen LogP contribution in [-0.4, -0.2) is 41.1 Å². The van der Waals surface area contributed by atoms with Gasteiger partial charge in [-0.15, -0.1) is 0 Å². The smallest absolute Gasteiger partial charge is 0.308 e. The van der Waals surface area contributed by atoms with Gasteiger partial charge in [0.25, 0.3) is 0 Å². The van der Waals surface area contributed by atoms with Crippen LogP contribution < -0.4 is 0 Å². The zero-order chi connectivity index (χ0) is 17.1.